The third-order valence-electron chi connectivity index (χ3n) is 4.17. The van der Waals surface area contributed by atoms with Gasteiger partial charge in [-0.2, -0.15) is 4.31 Å². The topological polar surface area (TPSA) is 93.9 Å². The van der Waals surface area contributed by atoms with Gasteiger partial charge < -0.3 is 9.15 Å². The Hall–Kier alpha value is -1.84. The summed E-state index contributed by atoms with van der Waals surface area (Å²) in [6.07, 6.45) is 1.73. The summed E-state index contributed by atoms with van der Waals surface area (Å²) in [5.41, 5.74) is 0. The molecule has 0 bridgehead atoms. The molecule has 0 N–H and O–H groups in total. The fourth-order valence-electron chi connectivity index (χ4n) is 2.85. The summed E-state index contributed by atoms with van der Waals surface area (Å²) >= 11 is 0. The van der Waals surface area contributed by atoms with Crippen molar-refractivity contribution < 1.29 is 26.0 Å². The third-order valence-corrected chi connectivity index (χ3v) is 7.84. The SMILES string of the molecule is COc1ccc(S(=O)(=O)N(Cc2ccco2)[C@@H]2CCS(=O)(=O)C2)cc1. The number of hydrogen-bond acceptors (Lipinski definition) is 6. The first kappa shape index (κ1) is 18.0. The van der Waals surface area contributed by atoms with Crippen molar-refractivity contribution in [2.24, 2.45) is 0 Å². The van der Waals surface area contributed by atoms with Gasteiger partial charge in [0.15, 0.2) is 9.84 Å². The Kier molecular flexibility index (Phi) is 4.90. The zero-order valence-electron chi connectivity index (χ0n) is 13.7. The largest absolute Gasteiger partial charge is 0.497 e. The molecule has 1 aromatic carbocycles. The molecule has 1 fully saturated rings. The lowest BCUT2D eigenvalue weighted by atomic mass is 10.2. The smallest absolute Gasteiger partial charge is 0.243 e. The summed E-state index contributed by atoms with van der Waals surface area (Å²) < 4.78 is 61.4. The molecule has 1 aliphatic heterocycles. The first-order valence-electron chi connectivity index (χ1n) is 7.70. The molecule has 1 aliphatic rings. The second kappa shape index (κ2) is 6.81. The van der Waals surface area contributed by atoms with E-state index in [-0.39, 0.29) is 29.4 Å². The molecular formula is C16H19NO6S2. The van der Waals surface area contributed by atoms with Crippen LogP contribution in [0.15, 0.2) is 52.0 Å². The standard InChI is InChI=1S/C16H19NO6S2/c1-22-14-4-6-16(7-5-14)25(20,21)17(11-15-3-2-9-23-15)13-8-10-24(18,19)12-13/h2-7,9,13H,8,10-12H2,1H3/t13-/m1/s1. The number of methoxy groups -OCH3 is 1. The molecular weight excluding hydrogens is 366 g/mol. The number of ether oxygens (including phenoxy) is 1. The van der Waals surface area contributed by atoms with Gasteiger partial charge in [0.05, 0.1) is 36.3 Å². The molecule has 7 nitrogen and oxygen atoms in total. The van der Waals surface area contributed by atoms with Gasteiger partial charge >= 0.3 is 0 Å². The highest BCUT2D eigenvalue weighted by Gasteiger charge is 2.39. The molecule has 0 aliphatic carbocycles. The van der Waals surface area contributed by atoms with Crippen LogP contribution >= 0.6 is 0 Å². The molecule has 9 heteroatoms. The minimum Gasteiger partial charge on any atom is -0.497 e. The number of sulfone groups is 1. The number of nitrogens with zero attached hydrogens (tertiary/aromatic N) is 1. The van der Waals surface area contributed by atoms with E-state index in [1.54, 1.807) is 24.3 Å². The highest BCUT2D eigenvalue weighted by Crippen LogP contribution is 2.28. The number of benzene rings is 1. The highest BCUT2D eigenvalue weighted by atomic mass is 32.2. The Balaban J connectivity index is 1.96. The number of sulfonamides is 1. The van der Waals surface area contributed by atoms with Crippen LogP contribution in [0.4, 0.5) is 0 Å². The van der Waals surface area contributed by atoms with E-state index in [0.29, 0.717) is 11.5 Å². The van der Waals surface area contributed by atoms with Crippen molar-refractivity contribution in [3.05, 3.63) is 48.4 Å². The Labute approximate surface area is 147 Å². The third kappa shape index (κ3) is 3.88. The van der Waals surface area contributed by atoms with Crippen molar-refractivity contribution in [3.63, 3.8) is 0 Å². The molecule has 2 heterocycles. The maximum absolute atomic E-state index is 13.1. The lowest BCUT2D eigenvalue weighted by Crippen LogP contribution is -2.40. The summed E-state index contributed by atoms with van der Waals surface area (Å²) in [5, 5.41) is 0. The minimum atomic E-state index is -3.88. The van der Waals surface area contributed by atoms with Gasteiger partial charge in [-0.3, -0.25) is 0 Å². The summed E-state index contributed by atoms with van der Waals surface area (Å²) in [6.45, 7) is -0.0124. The van der Waals surface area contributed by atoms with Crippen molar-refractivity contribution in [1.29, 1.82) is 0 Å². The molecule has 25 heavy (non-hydrogen) atoms. The van der Waals surface area contributed by atoms with Gasteiger partial charge in [0, 0.05) is 6.04 Å². The lowest BCUT2D eigenvalue weighted by molar-refractivity contribution is 0.307. The first-order valence-corrected chi connectivity index (χ1v) is 11.0. The quantitative estimate of drug-likeness (QED) is 0.751. The maximum Gasteiger partial charge on any atom is 0.243 e. The van der Waals surface area contributed by atoms with E-state index in [1.165, 1.54) is 29.8 Å². The number of furan rings is 1. The van der Waals surface area contributed by atoms with E-state index >= 15 is 0 Å². The highest BCUT2D eigenvalue weighted by molar-refractivity contribution is 7.92. The minimum absolute atomic E-state index is 0.00947. The second-order valence-electron chi connectivity index (χ2n) is 5.86. The van der Waals surface area contributed by atoms with Crippen LogP contribution in [0.2, 0.25) is 0 Å². The van der Waals surface area contributed by atoms with Gasteiger partial charge in [0.2, 0.25) is 10.0 Å². The van der Waals surface area contributed by atoms with Crippen LogP contribution in [-0.4, -0.2) is 45.8 Å². The first-order chi connectivity index (χ1) is 11.8. The van der Waals surface area contributed by atoms with E-state index < -0.39 is 25.9 Å². The molecule has 1 aromatic heterocycles. The van der Waals surface area contributed by atoms with Gasteiger partial charge in [-0.25, -0.2) is 16.8 Å². The predicted octanol–water partition coefficient (Wildman–Crippen LogP) is 1.67. The van der Waals surface area contributed by atoms with Crippen molar-refractivity contribution in [2.75, 3.05) is 18.6 Å². The van der Waals surface area contributed by atoms with Crippen molar-refractivity contribution in [2.45, 2.75) is 23.9 Å². The molecule has 2 aromatic rings. The normalized spacial score (nSPS) is 20.0. The Morgan fingerprint density at radius 1 is 1.24 bits per heavy atom. The van der Waals surface area contributed by atoms with Gasteiger partial charge in [-0.1, -0.05) is 0 Å². The Morgan fingerprint density at radius 3 is 2.48 bits per heavy atom. The second-order valence-corrected chi connectivity index (χ2v) is 9.98. The van der Waals surface area contributed by atoms with Gasteiger partial charge in [-0.15, -0.1) is 0 Å². The molecule has 0 spiro atoms. The molecule has 1 atom stereocenters. The van der Waals surface area contributed by atoms with Crippen LogP contribution < -0.4 is 4.74 Å². The molecule has 136 valence electrons. The van der Waals surface area contributed by atoms with E-state index in [1.807, 2.05) is 0 Å². The average molecular weight is 385 g/mol. The molecule has 1 saturated heterocycles. The Morgan fingerprint density at radius 2 is 1.96 bits per heavy atom. The van der Waals surface area contributed by atoms with E-state index in [4.69, 9.17) is 9.15 Å². The molecule has 0 unspecified atom stereocenters. The van der Waals surface area contributed by atoms with Crippen molar-refractivity contribution >= 4 is 19.9 Å². The van der Waals surface area contributed by atoms with Gasteiger partial charge in [0.25, 0.3) is 0 Å². The molecule has 3 rings (SSSR count). The lowest BCUT2D eigenvalue weighted by Gasteiger charge is -2.26. The van der Waals surface area contributed by atoms with Crippen LogP contribution in [0.1, 0.15) is 12.2 Å². The fraction of sp³-hybridized carbons (Fsp3) is 0.375. The molecule has 0 saturated carbocycles. The van der Waals surface area contributed by atoms with E-state index in [0.717, 1.165) is 0 Å². The molecule has 0 radical (unpaired) electrons. The fourth-order valence-corrected chi connectivity index (χ4v) is 6.30. The van der Waals surface area contributed by atoms with Crippen LogP contribution in [0.5, 0.6) is 5.75 Å². The summed E-state index contributed by atoms with van der Waals surface area (Å²) in [4.78, 5) is 0.0872. The average Bonchev–Trinajstić information content (AvgIpc) is 3.21. The maximum atomic E-state index is 13.1. The zero-order valence-corrected chi connectivity index (χ0v) is 15.3. The van der Waals surface area contributed by atoms with Crippen molar-refractivity contribution in [3.8, 4) is 5.75 Å². The molecule has 0 amide bonds. The van der Waals surface area contributed by atoms with E-state index in [2.05, 4.69) is 0 Å². The van der Waals surface area contributed by atoms with Crippen LogP contribution in [-0.2, 0) is 26.4 Å². The summed E-state index contributed by atoms with van der Waals surface area (Å²) in [5.74, 6) is 0.814. The van der Waals surface area contributed by atoms with Gasteiger partial charge in [0.1, 0.15) is 11.5 Å². The van der Waals surface area contributed by atoms with Crippen molar-refractivity contribution in [1.82, 2.24) is 4.31 Å². The summed E-state index contributed by atoms with van der Waals surface area (Å²) in [7, 11) is -5.62. The van der Waals surface area contributed by atoms with Crippen LogP contribution in [0, 0.1) is 0 Å². The van der Waals surface area contributed by atoms with Gasteiger partial charge in [-0.05, 0) is 42.8 Å². The van der Waals surface area contributed by atoms with Crippen LogP contribution in [0.25, 0.3) is 0 Å². The zero-order chi connectivity index (χ0) is 18.1. The monoisotopic (exact) mass is 385 g/mol. The van der Waals surface area contributed by atoms with E-state index in [9.17, 15) is 16.8 Å². The predicted molar refractivity (Wildman–Crippen MR) is 91.5 cm³/mol. The summed E-state index contributed by atoms with van der Waals surface area (Å²) in [6, 6.07) is 8.74. The van der Waals surface area contributed by atoms with Crippen LogP contribution in [0.3, 0.4) is 0 Å². The number of rotatable bonds is 6. The Bertz CT molecular complexity index is 918. The number of hydrogen-bond donors (Lipinski definition) is 0.